The summed E-state index contributed by atoms with van der Waals surface area (Å²) in [4.78, 5) is 17.8. The molecule has 1 unspecified atom stereocenters. The van der Waals surface area contributed by atoms with E-state index in [-0.39, 0.29) is 29.9 Å². The topological polar surface area (TPSA) is 92.6 Å². The van der Waals surface area contributed by atoms with Gasteiger partial charge >= 0.3 is 0 Å². The van der Waals surface area contributed by atoms with Crippen LogP contribution in [0, 0.1) is 11.3 Å². The molecule has 0 aliphatic carbocycles. The Morgan fingerprint density at radius 3 is 2.79 bits per heavy atom. The third-order valence-electron chi connectivity index (χ3n) is 5.98. The maximum atomic E-state index is 12.5. The third-order valence-corrected chi connectivity index (χ3v) is 5.98. The predicted octanol–water partition coefficient (Wildman–Crippen LogP) is 4.83. The minimum absolute atomic E-state index is 0.0315. The Hall–Kier alpha value is -3.34. The number of amides is 1. The largest absolute Gasteiger partial charge is 0.492 e. The number of hydroxylamine groups is 1. The van der Waals surface area contributed by atoms with Crippen LogP contribution in [0.4, 0.5) is 5.69 Å². The summed E-state index contributed by atoms with van der Waals surface area (Å²) < 4.78 is 28.1. The van der Waals surface area contributed by atoms with Gasteiger partial charge in [-0.05, 0) is 36.0 Å². The Morgan fingerprint density at radius 1 is 1.32 bits per heavy atom. The second kappa shape index (κ2) is 10.7. The Bertz CT molecular complexity index is 1180. The molecule has 2 aromatic carbocycles. The number of fused-ring (bicyclic) bond motifs is 1. The standard InChI is InChI=1S/C27H31N3O4/c1-17(2)19-7-9-20(10-8-19)22-14-24(23(15-28)21-11-13-33-26(21)22)29-16-18(3)27(31)30-34-25-6-4-5-12-32-25/h7-10,14,17,25,29H,3-6,11-13,16H2,1-2H3,(H,30,31)/i11D2. The second-order valence-corrected chi connectivity index (χ2v) is 8.71. The van der Waals surface area contributed by atoms with Crippen molar-refractivity contribution in [2.24, 2.45) is 0 Å². The SMILES string of the molecule is [2H]C1([2H])COc2c(-c3ccc(C(C)C)cc3)cc(NCC(=C)C(=O)NOC3CCCCO3)c(C#N)c21. The van der Waals surface area contributed by atoms with E-state index >= 15 is 0 Å². The first kappa shape index (κ1) is 21.2. The first-order valence-corrected chi connectivity index (χ1v) is 11.5. The Kier molecular flexibility index (Phi) is 6.69. The lowest BCUT2D eigenvalue weighted by atomic mass is 9.94. The number of ether oxygens (including phenoxy) is 2. The number of benzene rings is 2. The summed E-state index contributed by atoms with van der Waals surface area (Å²) in [6, 6.07) is 11.9. The zero-order valence-corrected chi connectivity index (χ0v) is 19.6. The summed E-state index contributed by atoms with van der Waals surface area (Å²) in [5, 5.41) is 13.0. The van der Waals surface area contributed by atoms with E-state index in [0.29, 0.717) is 35.9 Å². The van der Waals surface area contributed by atoms with Crippen LogP contribution in [0.2, 0.25) is 0 Å². The smallest absolute Gasteiger partial charge is 0.272 e. The van der Waals surface area contributed by atoms with E-state index in [1.807, 2.05) is 24.3 Å². The Labute approximate surface area is 203 Å². The lowest BCUT2D eigenvalue weighted by Gasteiger charge is -2.22. The lowest BCUT2D eigenvalue weighted by molar-refractivity contribution is -0.198. The van der Waals surface area contributed by atoms with Crippen molar-refractivity contribution in [3.8, 4) is 22.9 Å². The average molecular weight is 464 g/mol. The van der Waals surface area contributed by atoms with E-state index < -0.39 is 18.6 Å². The molecule has 2 heterocycles. The Morgan fingerprint density at radius 2 is 2.12 bits per heavy atom. The monoisotopic (exact) mass is 463 g/mol. The van der Waals surface area contributed by atoms with E-state index in [1.54, 1.807) is 6.07 Å². The summed E-state index contributed by atoms with van der Waals surface area (Å²) in [7, 11) is 0. The van der Waals surface area contributed by atoms with Gasteiger partial charge in [0.15, 0.2) is 6.29 Å². The fraction of sp³-hybridized carbons (Fsp3) is 0.407. The van der Waals surface area contributed by atoms with Crippen molar-refractivity contribution in [1.82, 2.24) is 5.48 Å². The first-order chi connectivity index (χ1) is 17.2. The van der Waals surface area contributed by atoms with Crippen LogP contribution in [0.5, 0.6) is 5.75 Å². The van der Waals surface area contributed by atoms with Gasteiger partial charge in [-0.1, -0.05) is 44.7 Å². The number of hydrogen-bond donors (Lipinski definition) is 2. The van der Waals surface area contributed by atoms with Gasteiger partial charge in [-0.15, -0.1) is 0 Å². The van der Waals surface area contributed by atoms with E-state index in [2.05, 4.69) is 37.3 Å². The molecule has 4 rings (SSSR count). The molecule has 2 aromatic rings. The molecule has 0 saturated carbocycles. The van der Waals surface area contributed by atoms with Gasteiger partial charge in [0.05, 0.1) is 17.9 Å². The molecule has 34 heavy (non-hydrogen) atoms. The van der Waals surface area contributed by atoms with E-state index in [9.17, 15) is 10.1 Å². The van der Waals surface area contributed by atoms with Gasteiger partial charge < -0.3 is 14.8 Å². The van der Waals surface area contributed by atoms with Gasteiger partial charge in [0.1, 0.15) is 11.8 Å². The molecule has 0 bridgehead atoms. The van der Waals surface area contributed by atoms with Crippen molar-refractivity contribution < 1.29 is 21.8 Å². The molecular formula is C27H31N3O4. The van der Waals surface area contributed by atoms with Gasteiger partial charge in [-0.25, -0.2) is 10.3 Å². The molecule has 0 aromatic heterocycles. The normalized spacial score (nSPS) is 19.3. The summed E-state index contributed by atoms with van der Waals surface area (Å²) in [6.45, 7) is 8.50. The van der Waals surface area contributed by atoms with Crippen LogP contribution in [0.1, 0.15) is 58.5 Å². The first-order valence-electron chi connectivity index (χ1n) is 12.5. The summed E-state index contributed by atoms with van der Waals surface area (Å²) >= 11 is 0. The molecule has 1 fully saturated rings. The van der Waals surface area contributed by atoms with Crippen LogP contribution in [-0.4, -0.2) is 32.0 Å². The summed E-state index contributed by atoms with van der Waals surface area (Å²) in [5.74, 6) is 0.246. The molecule has 0 spiro atoms. The van der Waals surface area contributed by atoms with Crippen LogP contribution in [-0.2, 0) is 20.7 Å². The molecule has 7 nitrogen and oxygen atoms in total. The second-order valence-electron chi connectivity index (χ2n) is 8.71. The number of nitriles is 1. The van der Waals surface area contributed by atoms with Gasteiger partial charge in [0.2, 0.25) is 0 Å². The molecule has 1 amide bonds. The number of carbonyl (C=O) groups excluding carboxylic acids is 1. The van der Waals surface area contributed by atoms with Crippen molar-refractivity contribution in [3.05, 3.63) is 59.2 Å². The van der Waals surface area contributed by atoms with Crippen LogP contribution in [0.25, 0.3) is 11.1 Å². The van der Waals surface area contributed by atoms with Crippen molar-refractivity contribution >= 4 is 11.6 Å². The predicted molar refractivity (Wildman–Crippen MR) is 130 cm³/mol. The molecule has 178 valence electrons. The van der Waals surface area contributed by atoms with Crippen molar-refractivity contribution in [2.45, 2.75) is 51.7 Å². The quantitative estimate of drug-likeness (QED) is 0.430. The molecule has 2 aliphatic rings. The van der Waals surface area contributed by atoms with Crippen LogP contribution in [0.15, 0.2) is 42.5 Å². The molecule has 2 aliphatic heterocycles. The van der Waals surface area contributed by atoms with Crippen molar-refractivity contribution in [1.29, 1.82) is 5.26 Å². The minimum atomic E-state index is -1.83. The van der Waals surface area contributed by atoms with Crippen LogP contribution >= 0.6 is 0 Å². The highest BCUT2D eigenvalue weighted by molar-refractivity contribution is 5.93. The highest BCUT2D eigenvalue weighted by Crippen LogP contribution is 2.42. The summed E-state index contributed by atoms with van der Waals surface area (Å²) in [5.41, 5.74) is 6.04. The maximum Gasteiger partial charge on any atom is 0.272 e. The van der Waals surface area contributed by atoms with Gasteiger partial charge in [-0.2, -0.15) is 5.26 Å². The number of anilines is 1. The highest BCUT2D eigenvalue weighted by Gasteiger charge is 2.25. The van der Waals surface area contributed by atoms with Crippen LogP contribution < -0.4 is 15.5 Å². The van der Waals surface area contributed by atoms with E-state index in [4.69, 9.17) is 17.1 Å². The number of rotatable bonds is 8. The van der Waals surface area contributed by atoms with Crippen molar-refractivity contribution in [2.75, 3.05) is 25.1 Å². The number of hydrogen-bond acceptors (Lipinski definition) is 6. The molecule has 1 saturated heterocycles. The van der Waals surface area contributed by atoms with Gasteiger partial charge in [-0.3, -0.25) is 4.79 Å². The van der Waals surface area contributed by atoms with Gasteiger partial charge in [0, 0.05) is 45.4 Å². The number of carbonyl (C=O) groups is 1. The Balaban J connectivity index is 1.57. The molecule has 0 radical (unpaired) electrons. The molecular weight excluding hydrogens is 430 g/mol. The molecule has 1 atom stereocenters. The highest BCUT2D eigenvalue weighted by atomic mass is 16.8. The zero-order valence-electron chi connectivity index (χ0n) is 21.6. The minimum Gasteiger partial charge on any atom is -0.492 e. The number of nitrogens with one attached hydrogen (secondary N) is 2. The van der Waals surface area contributed by atoms with Gasteiger partial charge in [0.25, 0.3) is 5.91 Å². The van der Waals surface area contributed by atoms with Crippen LogP contribution in [0.3, 0.4) is 0 Å². The van der Waals surface area contributed by atoms with E-state index in [1.165, 1.54) is 5.56 Å². The fourth-order valence-electron chi connectivity index (χ4n) is 3.96. The maximum absolute atomic E-state index is 12.5. The number of nitrogens with zero attached hydrogens (tertiary/aromatic N) is 1. The zero-order chi connectivity index (χ0) is 25.9. The average Bonchev–Trinajstić information content (AvgIpc) is 3.20. The van der Waals surface area contributed by atoms with E-state index in [0.717, 1.165) is 18.4 Å². The molecule has 7 heteroatoms. The fourth-order valence-corrected chi connectivity index (χ4v) is 3.96. The third kappa shape index (κ3) is 5.24. The lowest BCUT2D eigenvalue weighted by Crippen LogP contribution is -2.34. The summed E-state index contributed by atoms with van der Waals surface area (Å²) in [6.07, 6.45) is 0.346. The molecule has 2 N–H and O–H groups in total. The van der Waals surface area contributed by atoms with Crippen molar-refractivity contribution in [3.63, 3.8) is 0 Å².